The van der Waals surface area contributed by atoms with E-state index in [9.17, 15) is 5.11 Å². The molecule has 0 aliphatic rings. The predicted octanol–water partition coefficient (Wildman–Crippen LogP) is 3.28. The van der Waals surface area contributed by atoms with Crippen LogP contribution in [0.1, 0.15) is 29.8 Å². The van der Waals surface area contributed by atoms with Gasteiger partial charge in [-0.1, -0.05) is 17.7 Å². The monoisotopic (exact) mass is 282 g/mol. The lowest BCUT2D eigenvalue weighted by Gasteiger charge is -2.13. The minimum Gasteiger partial charge on any atom is -0.487 e. The van der Waals surface area contributed by atoms with Crippen LogP contribution in [0, 0.1) is 6.92 Å². The van der Waals surface area contributed by atoms with Crippen molar-refractivity contribution in [1.82, 2.24) is 9.38 Å². The maximum atomic E-state index is 9.84. The Balaban J connectivity index is 1.81. The van der Waals surface area contributed by atoms with Gasteiger partial charge in [0.2, 0.25) is 0 Å². The number of pyridine rings is 1. The molecule has 108 valence electrons. The van der Waals surface area contributed by atoms with Gasteiger partial charge in [0.05, 0.1) is 11.8 Å². The zero-order chi connectivity index (χ0) is 14.8. The quantitative estimate of drug-likeness (QED) is 0.799. The lowest BCUT2D eigenvalue weighted by Crippen LogP contribution is -2.01. The zero-order valence-electron chi connectivity index (χ0n) is 12.2. The number of imidazole rings is 1. The highest BCUT2D eigenvalue weighted by Crippen LogP contribution is 2.26. The van der Waals surface area contributed by atoms with Gasteiger partial charge in [0.1, 0.15) is 18.0 Å². The van der Waals surface area contributed by atoms with Crippen LogP contribution in [-0.2, 0) is 6.61 Å². The van der Waals surface area contributed by atoms with Crippen LogP contribution in [0.3, 0.4) is 0 Å². The molecule has 0 radical (unpaired) electrons. The van der Waals surface area contributed by atoms with E-state index in [1.54, 1.807) is 6.92 Å². The molecular formula is C17H18N2O2. The summed E-state index contributed by atoms with van der Waals surface area (Å²) in [4.78, 5) is 4.50. The maximum Gasteiger partial charge on any atom is 0.137 e. The minimum atomic E-state index is -0.555. The van der Waals surface area contributed by atoms with Gasteiger partial charge in [0, 0.05) is 18.0 Å². The van der Waals surface area contributed by atoms with Crippen LogP contribution < -0.4 is 4.74 Å². The number of aryl methyl sites for hydroxylation is 1. The van der Waals surface area contributed by atoms with Gasteiger partial charge in [-0.25, -0.2) is 4.98 Å². The summed E-state index contributed by atoms with van der Waals surface area (Å²) >= 11 is 0. The number of hydrogen-bond acceptors (Lipinski definition) is 3. The molecule has 1 N–H and O–H groups in total. The van der Waals surface area contributed by atoms with Crippen molar-refractivity contribution < 1.29 is 9.84 Å². The Morgan fingerprint density at radius 1 is 1.29 bits per heavy atom. The summed E-state index contributed by atoms with van der Waals surface area (Å²) in [5.41, 5.74) is 3.67. The number of ether oxygens (including phenoxy) is 1. The Kier molecular flexibility index (Phi) is 3.62. The average Bonchev–Trinajstić information content (AvgIpc) is 2.88. The van der Waals surface area contributed by atoms with Crippen LogP contribution in [-0.4, -0.2) is 14.5 Å². The third-order valence-corrected chi connectivity index (χ3v) is 3.40. The molecule has 3 aromatic rings. The average molecular weight is 282 g/mol. The van der Waals surface area contributed by atoms with E-state index in [0.717, 1.165) is 22.5 Å². The molecule has 4 heteroatoms. The number of aromatic nitrogens is 2. The van der Waals surface area contributed by atoms with Crippen LogP contribution in [0.5, 0.6) is 5.75 Å². The van der Waals surface area contributed by atoms with Crippen molar-refractivity contribution in [2.45, 2.75) is 26.6 Å². The van der Waals surface area contributed by atoms with E-state index in [2.05, 4.69) is 4.98 Å². The van der Waals surface area contributed by atoms with E-state index >= 15 is 0 Å². The molecule has 2 aromatic heterocycles. The standard InChI is InChI=1S/C17H18N2O2/c1-12-6-7-16(15(9-12)13(2)20)21-11-14-10-19-8-4-3-5-17(19)18-14/h3-10,13,20H,11H2,1-2H3. The molecule has 0 amide bonds. The van der Waals surface area contributed by atoms with Gasteiger partial charge in [-0.15, -0.1) is 0 Å². The molecule has 1 unspecified atom stereocenters. The number of benzene rings is 1. The van der Waals surface area contributed by atoms with Crippen molar-refractivity contribution in [2.75, 3.05) is 0 Å². The second-order valence-corrected chi connectivity index (χ2v) is 5.20. The molecule has 0 spiro atoms. The van der Waals surface area contributed by atoms with Gasteiger partial charge >= 0.3 is 0 Å². The summed E-state index contributed by atoms with van der Waals surface area (Å²) in [7, 11) is 0. The molecule has 0 fully saturated rings. The van der Waals surface area contributed by atoms with E-state index in [1.165, 1.54) is 0 Å². The summed E-state index contributed by atoms with van der Waals surface area (Å²) in [6.45, 7) is 4.12. The highest BCUT2D eigenvalue weighted by Gasteiger charge is 2.10. The Labute approximate surface area is 123 Å². The molecule has 1 aromatic carbocycles. The Morgan fingerprint density at radius 3 is 2.90 bits per heavy atom. The summed E-state index contributed by atoms with van der Waals surface area (Å²) in [6.07, 6.45) is 3.35. The Hall–Kier alpha value is -2.33. The van der Waals surface area contributed by atoms with Crippen molar-refractivity contribution in [2.24, 2.45) is 0 Å². The highest BCUT2D eigenvalue weighted by molar-refractivity contribution is 5.40. The van der Waals surface area contributed by atoms with Crippen molar-refractivity contribution in [3.8, 4) is 5.75 Å². The number of nitrogens with zero attached hydrogens (tertiary/aromatic N) is 2. The first-order valence-corrected chi connectivity index (χ1v) is 6.97. The van der Waals surface area contributed by atoms with Crippen LogP contribution in [0.25, 0.3) is 5.65 Å². The number of aliphatic hydroxyl groups excluding tert-OH is 1. The molecular weight excluding hydrogens is 264 g/mol. The number of aliphatic hydroxyl groups is 1. The van der Waals surface area contributed by atoms with Crippen LogP contribution in [0.15, 0.2) is 48.8 Å². The Bertz CT molecular complexity index is 729. The summed E-state index contributed by atoms with van der Waals surface area (Å²) in [6, 6.07) is 11.7. The van der Waals surface area contributed by atoms with Gasteiger partial charge in [0.25, 0.3) is 0 Å². The fourth-order valence-electron chi connectivity index (χ4n) is 2.33. The molecule has 2 heterocycles. The predicted molar refractivity (Wildman–Crippen MR) is 81.3 cm³/mol. The van der Waals surface area contributed by atoms with Gasteiger partial charge in [-0.2, -0.15) is 0 Å². The third-order valence-electron chi connectivity index (χ3n) is 3.40. The van der Waals surface area contributed by atoms with Gasteiger partial charge < -0.3 is 14.2 Å². The number of rotatable bonds is 4. The van der Waals surface area contributed by atoms with Gasteiger partial charge in [-0.3, -0.25) is 0 Å². The molecule has 1 atom stereocenters. The number of hydrogen-bond donors (Lipinski definition) is 1. The molecule has 4 nitrogen and oxygen atoms in total. The molecule has 0 aliphatic heterocycles. The normalized spacial score (nSPS) is 12.5. The topological polar surface area (TPSA) is 46.8 Å². The van der Waals surface area contributed by atoms with Crippen molar-refractivity contribution >= 4 is 5.65 Å². The smallest absolute Gasteiger partial charge is 0.137 e. The number of fused-ring (bicyclic) bond motifs is 1. The second kappa shape index (κ2) is 5.58. The van der Waals surface area contributed by atoms with E-state index < -0.39 is 6.10 Å². The van der Waals surface area contributed by atoms with Crippen LogP contribution >= 0.6 is 0 Å². The lowest BCUT2D eigenvalue weighted by molar-refractivity contribution is 0.189. The van der Waals surface area contributed by atoms with Crippen molar-refractivity contribution in [3.63, 3.8) is 0 Å². The molecule has 0 saturated carbocycles. The zero-order valence-corrected chi connectivity index (χ0v) is 12.2. The first-order valence-electron chi connectivity index (χ1n) is 6.97. The summed E-state index contributed by atoms with van der Waals surface area (Å²) in [5.74, 6) is 0.702. The SMILES string of the molecule is Cc1ccc(OCc2cn3ccccc3n2)c(C(C)O)c1. The van der Waals surface area contributed by atoms with E-state index in [4.69, 9.17) is 4.74 Å². The molecule has 21 heavy (non-hydrogen) atoms. The van der Waals surface area contributed by atoms with Crippen molar-refractivity contribution in [1.29, 1.82) is 0 Å². The lowest BCUT2D eigenvalue weighted by atomic mass is 10.1. The van der Waals surface area contributed by atoms with Gasteiger partial charge in [-0.05, 0) is 38.1 Å². The van der Waals surface area contributed by atoms with Crippen LogP contribution in [0.2, 0.25) is 0 Å². The fraction of sp³-hybridized carbons (Fsp3) is 0.235. The van der Waals surface area contributed by atoms with Crippen molar-refractivity contribution in [3.05, 3.63) is 65.6 Å². The van der Waals surface area contributed by atoms with E-state index in [-0.39, 0.29) is 0 Å². The minimum absolute atomic E-state index is 0.379. The highest BCUT2D eigenvalue weighted by atomic mass is 16.5. The van der Waals surface area contributed by atoms with Gasteiger partial charge in [0.15, 0.2) is 0 Å². The summed E-state index contributed by atoms with van der Waals surface area (Å²) < 4.78 is 7.79. The third kappa shape index (κ3) is 2.90. The largest absolute Gasteiger partial charge is 0.487 e. The van der Waals surface area contributed by atoms with Crippen LogP contribution in [0.4, 0.5) is 0 Å². The second-order valence-electron chi connectivity index (χ2n) is 5.20. The molecule has 0 saturated heterocycles. The fourth-order valence-corrected chi connectivity index (χ4v) is 2.33. The first-order chi connectivity index (χ1) is 10.1. The Morgan fingerprint density at radius 2 is 2.14 bits per heavy atom. The molecule has 3 rings (SSSR count). The first kappa shape index (κ1) is 13.6. The van der Waals surface area contributed by atoms with E-state index in [0.29, 0.717) is 12.4 Å². The van der Waals surface area contributed by atoms with E-state index in [1.807, 2.05) is 60.1 Å². The molecule has 0 aliphatic carbocycles. The maximum absolute atomic E-state index is 9.84. The summed E-state index contributed by atoms with van der Waals surface area (Å²) in [5, 5.41) is 9.84. The molecule has 0 bridgehead atoms.